The van der Waals surface area contributed by atoms with E-state index in [0.717, 1.165) is 38.7 Å². The molecule has 0 aromatic carbocycles. The topological polar surface area (TPSA) is 33.3 Å². The van der Waals surface area contributed by atoms with Crippen molar-refractivity contribution in [3.63, 3.8) is 0 Å². The fourth-order valence-electron chi connectivity index (χ4n) is 1.99. The van der Waals surface area contributed by atoms with Gasteiger partial charge >= 0.3 is 0 Å². The van der Waals surface area contributed by atoms with Gasteiger partial charge in [-0.3, -0.25) is 0 Å². The summed E-state index contributed by atoms with van der Waals surface area (Å²) in [4.78, 5) is 0. The Labute approximate surface area is 100 Å². The van der Waals surface area contributed by atoms with Crippen LogP contribution in [0.15, 0.2) is 0 Å². The van der Waals surface area contributed by atoms with Crippen LogP contribution in [0.2, 0.25) is 0 Å². The molecule has 0 bridgehead atoms. The number of rotatable bonds is 9. The Morgan fingerprint density at radius 3 is 2.69 bits per heavy atom. The summed E-state index contributed by atoms with van der Waals surface area (Å²) in [5.74, 6) is 0.757. The SMILES string of the molecule is CC(C)CNCCCNCCC1CCCO1. The molecule has 0 spiro atoms. The minimum Gasteiger partial charge on any atom is -0.378 e. The van der Waals surface area contributed by atoms with Crippen molar-refractivity contribution in [2.24, 2.45) is 5.92 Å². The molecule has 0 aromatic heterocycles. The average Bonchev–Trinajstić information content (AvgIpc) is 2.74. The lowest BCUT2D eigenvalue weighted by molar-refractivity contribution is 0.104. The predicted molar refractivity (Wildman–Crippen MR) is 68.8 cm³/mol. The molecular weight excluding hydrogens is 200 g/mol. The highest BCUT2D eigenvalue weighted by atomic mass is 16.5. The van der Waals surface area contributed by atoms with Crippen molar-refractivity contribution in [2.75, 3.05) is 32.8 Å². The first-order chi connectivity index (χ1) is 7.79. The van der Waals surface area contributed by atoms with Gasteiger partial charge in [-0.15, -0.1) is 0 Å². The maximum Gasteiger partial charge on any atom is 0.0588 e. The summed E-state index contributed by atoms with van der Waals surface area (Å²) >= 11 is 0. The second-order valence-corrected chi connectivity index (χ2v) is 5.13. The highest BCUT2D eigenvalue weighted by Crippen LogP contribution is 2.14. The van der Waals surface area contributed by atoms with Gasteiger partial charge in [0.2, 0.25) is 0 Å². The molecule has 1 fully saturated rings. The van der Waals surface area contributed by atoms with Crippen LogP contribution in [0.5, 0.6) is 0 Å². The first kappa shape index (κ1) is 13.9. The van der Waals surface area contributed by atoms with Crippen molar-refractivity contribution in [1.29, 1.82) is 0 Å². The van der Waals surface area contributed by atoms with Crippen molar-refractivity contribution in [2.45, 2.75) is 45.6 Å². The molecule has 0 aliphatic carbocycles. The van der Waals surface area contributed by atoms with Gasteiger partial charge < -0.3 is 15.4 Å². The van der Waals surface area contributed by atoms with Gasteiger partial charge in [0, 0.05) is 6.61 Å². The predicted octanol–water partition coefficient (Wildman–Crippen LogP) is 1.78. The van der Waals surface area contributed by atoms with Crippen molar-refractivity contribution >= 4 is 0 Å². The Balaban J connectivity index is 1.74. The van der Waals surface area contributed by atoms with Gasteiger partial charge in [0.15, 0.2) is 0 Å². The van der Waals surface area contributed by atoms with Gasteiger partial charge in [0.25, 0.3) is 0 Å². The average molecular weight is 228 g/mol. The fraction of sp³-hybridized carbons (Fsp3) is 1.00. The third kappa shape index (κ3) is 7.20. The molecule has 3 heteroatoms. The molecule has 1 saturated heterocycles. The Hall–Kier alpha value is -0.120. The third-order valence-corrected chi connectivity index (χ3v) is 2.93. The highest BCUT2D eigenvalue weighted by molar-refractivity contribution is 4.66. The number of ether oxygens (including phenoxy) is 1. The molecule has 16 heavy (non-hydrogen) atoms. The van der Waals surface area contributed by atoms with Crippen LogP contribution in [0.3, 0.4) is 0 Å². The van der Waals surface area contributed by atoms with Crippen LogP contribution in [-0.4, -0.2) is 38.9 Å². The van der Waals surface area contributed by atoms with E-state index in [1.165, 1.54) is 25.7 Å². The van der Waals surface area contributed by atoms with Crippen molar-refractivity contribution in [3.05, 3.63) is 0 Å². The van der Waals surface area contributed by atoms with Crippen LogP contribution in [-0.2, 0) is 4.74 Å². The molecule has 1 aliphatic heterocycles. The van der Waals surface area contributed by atoms with Crippen LogP contribution in [0.4, 0.5) is 0 Å². The van der Waals surface area contributed by atoms with Crippen LogP contribution in [0, 0.1) is 5.92 Å². The first-order valence-corrected chi connectivity index (χ1v) is 6.82. The molecule has 3 nitrogen and oxygen atoms in total. The molecule has 0 radical (unpaired) electrons. The van der Waals surface area contributed by atoms with E-state index in [9.17, 15) is 0 Å². The van der Waals surface area contributed by atoms with Gasteiger partial charge in [0.1, 0.15) is 0 Å². The zero-order chi connectivity index (χ0) is 11.6. The molecule has 0 saturated carbocycles. The molecule has 0 aromatic rings. The lowest BCUT2D eigenvalue weighted by Crippen LogP contribution is -2.26. The Bertz CT molecular complexity index is 156. The van der Waals surface area contributed by atoms with Gasteiger partial charge in [-0.05, 0) is 57.8 Å². The lowest BCUT2D eigenvalue weighted by atomic mass is 10.2. The molecule has 1 unspecified atom stereocenters. The Morgan fingerprint density at radius 2 is 2.00 bits per heavy atom. The van der Waals surface area contributed by atoms with E-state index in [1.807, 2.05) is 0 Å². The van der Waals surface area contributed by atoms with E-state index in [-0.39, 0.29) is 0 Å². The van der Waals surface area contributed by atoms with Crippen molar-refractivity contribution in [1.82, 2.24) is 10.6 Å². The van der Waals surface area contributed by atoms with Gasteiger partial charge in [0.05, 0.1) is 6.10 Å². The quantitative estimate of drug-likeness (QED) is 0.590. The van der Waals surface area contributed by atoms with Gasteiger partial charge in [-0.1, -0.05) is 13.8 Å². The zero-order valence-corrected chi connectivity index (χ0v) is 10.9. The number of nitrogens with one attached hydrogen (secondary N) is 2. The van der Waals surface area contributed by atoms with Gasteiger partial charge in [-0.25, -0.2) is 0 Å². The van der Waals surface area contributed by atoms with Crippen LogP contribution >= 0.6 is 0 Å². The maximum absolute atomic E-state index is 5.57. The summed E-state index contributed by atoms with van der Waals surface area (Å²) in [5.41, 5.74) is 0. The monoisotopic (exact) mass is 228 g/mol. The summed E-state index contributed by atoms with van der Waals surface area (Å²) < 4.78 is 5.57. The van der Waals surface area contributed by atoms with Crippen molar-refractivity contribution in [3.8, 4) is 0 Å². The van der Waals surface area contributed by atoms with E-state index in [0.29, 0.717) is 6.10 Å². The highest BCUT2D eigenvalue weighted by Gasteiger charge is 2.13. The first-order valence-electron chi connectivity index (χ1n) is 6.82. The summed E-state index contributed by atoms with van der Waals surface area (Å²) in [5, 5.41) is 6.93. The normalized spacial score (nSPS) is 20.8. The largest absolute Gasteiger partial charge is 0.378 e. The zero-order valence-electron chi connectivity index (χ0n) is 10.9. The second-order valence-electron chi connectivity index (χ2n) is 5.13. The van der Waals surface area contributed by atoms with Gasteiger partial charge in [-0.2, -0.15) is 0 Å². The van der Waals surface area contributed by atoms with Crippen LogP contribution in [0.25, 0.3) is 0 Å². The van der Waals surface area contributed by atoms with E-state index in [2.05, 4.69) is 24.5 Å². The molecule has 1 aliphatic rings. The molecule has 2 N–H and O–H groups in total. The third-order valence-electron chi connectivity index (χ3n) is 2.93. The van der Waals surface area contributed by atoms with Crippen LogP contribution in [0.1, 0.15) is 39.5 Å². The number of hydrogen-bond donors (Lipinski definition) is 2. The molecule has 96 valence electrons. The lowest BCUT2D eigenvalue weighted by Gasteiger charge is -2.10. The second kappa shape index (κ2) is 8.97. The molecule has 1 atom stereocenters. The Kier molecular flexibility index (Phi) is 7.81. The van der Waals surface area contributed by atoms with E-state index >= 15 is 0 Å². The van der Waals surface area contributed by atoms with E-state index in [1.54, 1.807) is 0 Å². The van der Waals surface area contributed by atoms with Crippen molar-refractivity contribution < 1.29 is 4.74 Å². The van der Waals surface area contributed by atoms with Crippen LogP contribution < -0.4 is 10.6 Å². The summed E-state index contributed by atoms with van der Waals surface area (Å²) in [6.07, 6.45) is 5.45. The molecular formula is C13H28N2O. The summed E-state index contributed by atoms with van der Waals surface area (Å²) in [7, 11) is 0. The smallest absolute Gasteiger partial charge is 0.0588 e. The number of hydrogen-bond acceptors (Lipinski definition) is 3. The van der Waals surface area contributed by atoms with E-state index < -0.39 is 0 Å². The fourth-order valence-corrected chi connectivity index (χ4v) is 1.99. The maximum atomic E-state index is 5.57. The van der Waals surface area contributed by atoms with E-state index in [4.69, 9.17) is 4.74 Å². The summed E-state index contributed by atoms with van der Waals surface area (Å²) in [6, 6.07) is 0. The standard InChI is InChI=1S/C13H28N2O/c1-12(2)11-15-8-4-7-14-9-6-13-5-3-10-16-13/h12-15H,3-11H2,1-2H3. The molecule has 1 heterocycles. The molecule has 1 rings (SSSR count). The minimum atomic E-state index is 0.534. The molecule has 0 amide bonds. The summed E-state index contributed by atoms with van der Waals surface area (Å²) in [6.45, 7) is 9.96. The Morgan fingerprint density at radius 1 is 1.19 bits per heavy atom. The minimum absolute atomic E-state index is 0.534.